The van der Waals surface area contributed by atoms with Crippen LogP contribution in [-0.4, -0.2) is 75.5 Å². The van der Waals surface area contributed by atoms with Crippen LogP contribution in [-0.2, 0) is 17.5 Å². The number of anilines is 2. The van der Waals surface area contributed by atoms with Crippen molar-refractivity contribution < 1.29 is 22.7 Å². The number of hydrogen-bond acceptors (Lipinski definition) is 7. The molecule has 5 heterocycles. The van der Waals surface area contributed by atoms with Crippen LogP contribution in [0.3, 0.4) is 0 Å². The van der Waals surface area contributed by atoms with E-state index in [1.165, 1.54) is 18.3 Å². The molecule has 0 bridgehead atoms. The van der Waals surface area contributed by atoms with E-state index in [4.69, 9.17) is 4.74 Å². The van der Waals surface area contributed by atoms with Crippen molar-refractivity contribution in [2.75, 3.05) is 43.1 Å². The van der Waals surface area contributed by atoms with Crippen molar-refractivity contribution in [3.63, 3.8) is 0 Å². The summed E-state index contributed by atoms with van der Waals surface area (Å²) in [5.41, 5.74) is 0.169. The largest absolute Gasteiger partial charge is 0.435 e. The van der Waals surface area contributed by atoms with Crippen molar-refractivity contribution in [1.82, 2.24) is 24.6 Å². The van der Waals surface area contributed by atoms with Gasteiger partial charge in [0.2, 0.25) is 0 Å². The molecule has 0 spiro atoms. The van der Waals surface area contributed by atoms with Gasteiger partial charge < -0.3 is 15.0 Å². The molecule has 196 valence electrons. The molecule has 0 aliphatic carbocycles. The second-order valence-corrected chi connectivity index (χ2v) is 9.26. The summed E-state index contributed by atoms with van der Waals surface area (Å²) in [4.78, 5) is 25.4. The zero-order valence-corrected chi connectivity index (χ0v) is 20.6. The summed E-state index contributed by atoms with van der Waals surface area (Å²) in [7, 11) is 0. The molecule has 1 atom stereocenters. The Bertz CT molecular complexity index is 1280. The fourth-order valence-corrected chi connectivity index (χ4v) is 4.69. The molecule has 1 amide bonds. The van der Waals surface area contributed by atoms with E-state index >= 15 is 0 Å². The molecule has 2 fully saturated rings. The lowest BCUT2D eigenvalue weighted by Gasteiger charge is -2.47. The smallest absolute Gasteiger partial charge is 0.378 e. The normalized spacial score (nSPS) is 19.1. The molecule has 3 aromatic rings. The number of carbonyl (C=O) groups is 1. The number of halogens is 3. The van der Waals surface area contributed by atoms with E-state index in [0.29, 0.717) is 55.8 Å². The summed E-state index contributed by atoms with van der Waals surface area (Å²) in [6.45, 7) is 8.15. The first-order valence-electron chi connectivity index (χ1n) is 12.2. The second-order valence-electron chi connectivity index (χ2n) is 9.26. The topological polar surface area (TPSA) is 88.4 Å². The van der Waals surface area contributed by atoms with Crippen LogP contribution in [0.5, 0.6) is 0 Å². The van der Waals surface area contributed by atoms with Gasteiger partial charge >= 0.3 is 6.18 Å². The van der Waals surface area contributed by atoms with Crippen molar-refractivity contribution in [3.05, 3.63) is 54.2 Å². The number of rotatable bonds is 6. The minimum Gasteiger partial charge on any atom is -0.378 e. The molecule has 3 aromatic heterocycles. The highest BCUT2D eigenvalue weighted by molar-refractivity contribution is 6.03. The number of carbonyl (C=O) groups excluding carboxylic acids is 1. The summed E-state index contributed by atoms with van der Waals surface area (Å²) in [6.07, 6.45) is -0.0990. The van der Waals surface area contributed by atoms with Gasteiger partial charge in [0.05, 0.1) is 48.7 Å². The molecule has 12 heteroatoms. The zero-order valence-electron chi connectivity index (χ0n) is 20.6. The van der Waals surface area contributed by atoms with Gasteiger partial charge in [0.25, 0.3) is 5.91 Å². The number of hydrogen-bond donors (Lipinski definition) is 1. The first-order chi connectivity index (χ1) is 17.7. The van der Waals surface area contributed by atoms with E-state index in [1.807, 2.05) is 11.8 Å². The molecule has 5 rings (SSSR count). The van der Waals surface area contributed by atoms with Crippen LogP contribution >= 0.6 is 0 Å². The molecule has 2 saturated heterocycles. The summed E-state index contributed by atoms with van der Waals surface area (Å²) in [5.74, 6) is -0.752. The van der Waals surface area contributed by atoms with Gasteiger partial charge in [-0.1, -0.05) is 6.07 Å². The number of nitrogens with zero attached hydrogens (tertiary/aromatic N) is 6. The Labute approximate surface area is 212 Å². The number of amides is 1. The van der Waals surface area contributed by atoms with Crippen LogP contribution in [0.2, 0.25) is 0 Å². The summed E-state index contributed by atoms with van der Waals surface area (Å²) >= 11 is 0. The predicted octanol–water partition coefficient (Wildman–Crippen LogP) is 3.54. The van der Waals surface area contributed by atoms with E-state index < -0.39 is 23.5 Å². The molecule has 2 aliphatic rings. The number of nitrogens with one attached hydrogen (secondary N) is 1. The van der Waals surface area contributed by atoms with E-state index in [9.17, 15) is 18.0 Å². The molecule has 1 N–H and O–H groups in total. The first-order valence-corrected chi connectivity index (χ1v) is 12.2. The molecule has 37 heavy (non-hydrogen) atoms. The van der Waals surface area contributed by atoms with Gasteiger partial charge in [-0.05, 0) is 32.0 Å². The van der Waals surface area contributed by atoms with Gasteiger partial charge in [-0.25, -0.2) is 9.97 Å². The summed E-state index contributed by atoms with van der Waals surface area (Å²) < 4.78 is 48.3. The van der Waals surface area contributed by atoms with E-state index in [1.54, 1.807) is 29.2 Å². The molecular weight excluding hydrogens is 487 g/mol. The first kappa shape index (κ1) is 25.2. The van der Waals surface area contributed by atoms with Crippen LogP contribution in [0.15, 0.2) is 42.9 Å². The molecule has 2 aliphatic heterocycles. The Balaban J connectivity index is 1.37. The lowest BCUT2D eigenvalue weighted by Crippen LogP contribution is -2.60. The number of piperazine rings is 1. The Morgan fingerprint density at radius 3 is 2.68 bits per heavy atom. The van der Waals surface area contributed by atoms with Crippen LogP contribution in [0.1, 0.15) is 30.0 Å². The Morgan fingerprint density at radius 1 is 1.22 bits per heavy atom. The van der Waals surface area contributed by atoms with Gasteiger partial charge in [-0.3, -0.25) is 14.4 Å². The Kier molecular flexibility index (Phi) is 6.86. The fourth-order valence-electron chi connectivity index (χ4n) is 4.69. The standard InChI is InChI=1S/C25H28F3N7O2/c1-3-34-13-17(10-30-34)20-5-4-6-21(31-20)24(36)32-22-9-18(11-29-23(22)25(26,27)28)33-7-8-35(16(2)12-33)19-14-37-15-19/h4-6,9-11,13,16,19H,3,7-8,12,14-15H2,1-2H3,(H,32,36)/t16-/m0/s1. The minimum absolute atomic E-state index is 0.00905. The second kappa shape index (κ2) is 10.1. The maximum absolute atomic E-state index is 13.8. The monoisotopic (exact) mass is 515 g/mol. The van der Waals surface area contributed by atoms with Crippen LogP contribution in [0, 0.1) is 0 Å². The average Bonchev–Trinajstić information content (AvgIpc) is 3.33. The van der Waals surface area contributed by atoms with Gasteiger partial charge in [-0.2, -0.15) is 18.3 Å². The SMILES string of the molecule is CCn1cc(-c2cccc(C(=O)Nc3cc(N4CCN(C5COC5)[C@@H](C)C4)cnc3C(F)(F)F)n2)cn1. The fraction of sp³-hybridized carbons (Fsp3) is 0.440. The number of ether oxygens (including phenoxy) is 1. The van der Waals surface area contributed by atoms with Crippen molar-refractivity contribution in [1.29, 1.82) is 0 Å². The predicted molar refractivity (Wildman–Crippen MR) is 131 cm³/mol. The Hall–Kier alpha value is -3.51. The number of alkyl halides is 3. The maximum Gasteiger partial charge on any atom is 0.435 e. The van der Waals surface area contributed by atoms with Crippen LogP contribution < -0.4 is 10.2 Å². The number of aryl methyl sites for hydroxylation is 1. The highest BCUT2D eigenvalue weighted by atomic mass is 19.4. The van der Waals surface area contributed by atoms with Crippen molar-refractivity contribution >= 4 is 17.3 Å². The van der Waals surface area contributed by atoms with Crippen molar-refractivity contribution in [2.45, 2.75) is 38.7 Å². The quantitative estimate of drug-likeness (QED) is 0.537. The zero-order chi connectivity index (χ0) is 26.2. The lowest BCUT2D eigenvalue weighted by atomic mass is 10.1. The number of aromatic nitrogens is 4. The molecule has 0 aromatic carbocycles. The summed E-state index contributed by atoms with van der Waals surface area (Å²) in [6, 6.07) is 6.74. The van der Waals surface area contributed by atoms with Gasteiger partial charge in [0.15, 0.2) is 5.69 Å². The van der Waals surface area contributed by atoms with Crippen LogP contribution in [0.4, 0.5) is 24.5 Å². The molecule has 0 unspecified atom stereocenters. The van der Waals surface area contributed by atoms with E-state index in [2.05, 4.69) is 32.2 Å². The minimum atomic E-state index is -4.73. The number of pyridine rings is 2. The highest BCUT2D eigenvalue weighted by Gasteiger charge is 2.38. The molecular formula is C25H28F3N7O2. The molecule has 0 saturated carbocycles. The van der Waals surface area contributed by atoms with Crippen LogP contribution in [0.25, 0.3) is 11.3 Å². The van der Waals surface area contributed by atoms with Crippen molar-refractivity contribution in [2.24, 2.45) is 0 Å². The molecule has 0 radical (unpaired) electrons. The molecule has 9 nitrogen and oxygen atoms in total. The van der Waals surface area contributed by atoms with Gasteiger partial charge in [-0.15, -0.1) is 0 Å². The lowest BCUT2D eigenvalue weighted by molar-refractivity contribution is -0.140. The highest BCUT2D eigenvalue weighted by Crippen LogP contribution is 2.36. The third-order valence-electron chi connectivity index (χ3n) is 6.76. The van der Waals surface area contributed by atoms with E-state index in [-0.39, 0.29) is 11.7 Å². The van der Waals surface area contributed by atoms with E-state index in [0.717, 1.165) is 6.54 Å². The van der Waals surface area contributed by atoms with Gasteiger partial charge in [0, 0.05) is 44.0 Å². The average molecular weight is 516 g/mol. The third-order valence-corrected chi connectivity index (χ3v) is 6.76. The van der Waals surface area contributed by atoms with Gasteiger partial charge in [0.1, 0.15) is 5.69 Å². The summed E-state index contributed by atoms with van der Waals surface area (Å²) in [5, 5.41) is 6.61. The third kappa shape index (κ3) is 5.30. The van der Waals surface area contributed by atoms with Crippen molar-refractivity contribution in [3.8, 4) is 11.3 Å². The Morgan fingerprint density at radius 2 is 2.03 bits per heavy atom. The maximum atomic E-state index is 13.8.